The number of carbonyl (C=O) groups excluding carboxylic acids is 2. The molecular formula is C35H37Br2N3O4S. The number of benzene rings is 4. The number of amides is 2. The van der Waals surface area contributed by atoms with Crippen molar-refractivity contribution in [1.29, 1.82) is 0 Å². The third-order valence-corrected chi connectivity index (χ3v) is 10.2. The van der Waals surface area contributed by atoms with Gasteiger partial charge in [-0.2, -0.15) is 0 Å². The minimum Gasteiger partial charge on any atom is -0.354 e. The monoisotopic (exact) mass is 753 g/mol. The van der Waals surface area contributed by atoms with Gasteiger partial charge in [0.1, 0.15) is 12.6 Å². The van der Waals surface area contributed by atoms with Gasteiger partial charge in [0, 0.05) is 28.5 Å². The van der Waals surface area contributed by atoms with Crippen LogP contribution in [0.25, 0.3) is 0 Å². The number of halogens is 2. The van der Waals surface area contributed by atoms with Crippen LogP contribution in [0.2, 0.25) is 0 Å². The lowest BCUT2D eigenvalue weighted by Crippen LogP contribution is -2.53. The third-order valence-electron chi connectivity index (χ3n) is 7.35. The van der Waals surface area contributed by atoms with Gasteiger partial charge in [0.05, 0.1) is 10.6 Å². The zero-order valence-electron chi connectivity index (χ0n) is 25.3. The van der Waals surface area contributed by atoms with Gasteiger partial charge in [-0.25, -0.2) is 8.42 Å². The normalized spacial score (nSPS) is 11.9. The van der Waals surface area contributed by atoms with Crippen LogP contribution in [-0.4, -0.2) is 44.3 Å². The number of carbonyl (C=O) groups is 2. The van der Waals surface area contributed by atoms with Crippen LogP contribution >= 0.6 is 31.9 Å². The number of rotatable bonds is 14. The molecule has 0 saturated heterocycles. The fraction of sp³-hybridized carbons (Fsp3) is 0.257. The zero-order chi connectivity index (χ0) is 32.4. The van der Waals surface area contributed by atoms with Crippen LogP contribution in [0.15, 0.2) is 117 Å². The summed E-state index contributed by atoms with van der Waals surface area (Å²) in [5.41, 5.74) is 2.94. The van der Waals surface area contributed by atoms with Crippen molar-refractivity contribution < 1.29 is 18.0 Å². The van der Waals surface area contributed by atoms with Crippen LogP contribution in [-0.2, 0) is 32.6 Å². The van der Waals surface area contributed by atoms with E-state index in [-0.39, 0.29) is 23.8 Å². The first-order chi connectivity index (χ1) is 21.6. The van der Waals surface area contributed by atoms with Crippen LogP contribution < -0.4 is 9.62 Å². The molecule has 2 amide bonds. The van der Waals surface area contributed by atoms with E-state index in [0.29, 0.717) is 12.2 Å². The van der Waals surface area contributed by atoms with Crippen molar-refractivity contribution in [2.24, 2.45) is 0 Å². The van der Waals surface area contributed by atoms with Crippen molar-refractivity contribution in [2.75, 3.05) is 17.4 Å². The second-order valence-electron chi connectivity index (χ2n) is 10.8. The summed E-state index contributed by atoms with van der Waals surface area (Å²) in [6.07, 6.45) is 1.97. The third kappa shape index (κ3) is 9.51. The lowest BCUT2D eigenvalue weighted by molar-refractivity contribution is -0.140. The lowest BCUT2D eigenvalue weighted by Gasteiger charge is -2.34. The fourth-order valence-corrected chi connectivity index (χ4v) is 6.99. The molecule has 0 unspecified atom stereocenters. The average molecular weight is 756 g/mol. The molecule has 0 aliphatic heterocycles. The van der Waals surface area contributed by atoms with Crippen molar-refractivity contribution in [2.45, 2.75) is 50.6 Å². The molecule has 0 radical (unpaired) electrons. The molecule has 4 rings (SSSR count). The molecule has 0 aliphatic rings. The number of sulfonamides is 1. The summed E-state index contributed by atoms with van der Waals surface area (Å²) >= 11 is 6.93. The summed E-state index contributed by atoms with van der Waals surface area (Å²) in [7, 11) is -4.15. The Kier molecular flexibility index (Phi) is 12.4. The first kappa shape index (κ1) is 34.4. The molecule has 0 aliphatic carbocycles. The average Bonchev–Trinajstić information content (AvgIpc) is 3.02. The van der Waals surface area contributed by atoms with Crippen LogP contribution in [0.1, 0.15) is 36.5 Å². The molecular weight excluding hydrogens is 718 g/mol. The largest absolute Gasteiger partial charge is 0.354 e. The fourth-order valence-electron chi connectivity index (χ4n) is 4.87. The molecule has 0 heterocycles. The van der Waals surface area contributed by atoms with E-state index in [4.69, 9.17) is 0 Å². The van der Waals surface area contributed by atoms with Crippen molar-refractivity contribution >= 4 is 59.4 Å². The van der Waals surface area contributed by atoms with E-state index in [2.05, 4.69) is 37.2 Å². The molecule has 0 aromatic heterocycles. The first-order valence-corrected chi connectivity index (χ1v) is 17.8. The molecule has 0 spiro atoms. The van der Waals surface area contributed by atoms with Gasteiger partial charge < -0.3 is 10.2 Å². The highest BCUT2D eigenvalue weighted by Crippen LogP contribution is 2.27. The quantitative estimate of drug-likeness (QED) is 0.137. The van der Waals surface area contributed by atoms with Crippen LogP contribution in [0, 0.1) is 6.92 Å². The molecule has 1 atom stereocenters. The molecule has 4 aromatic rings. The van der Waals surface area contributed by atoms with Crippen molar-refractivity contribution in [3.05, 3.63) is 129 Å². The first-order valence-electron chi connectivity index (χ1n) is 14.8. The highest BCUT2D eigenvalue weighted by atomic mass is 79.9. The molecule has 0 bridgehead atoms. The summed E-state index contributed by atoms with van der Waals surface area (Å²) in [6, 6.07) is 29.5. The van der Waals surface area contributed by atoms with Gasteiger partial charge in [0.25, 0.3) is 10.0 Å². The topological polar surface area (TPSA) is 86.8 Å². The van der Waals surface area contributed by atoms with E-state index in [9.17, 15) is 18.0 Å². The smallest absolute Gasteiger partial charge is 0.264 e. The Hall–Kier alpha value is -3.47. The van der Waals surface area contributed by atoms with Gasteiger partial charge in [-0.15, -0.1) is 0 Å². The van der Waals surface area contributed by atoms with E-state index in [1.807, 2.05) is 68.4 Å². The number of anilines is 1. The predicted molar refractivity (Wildman–Crippen MR) is 186 cm³/mol. The Morgan fingerprint density at radius 3 is 2.13 bits per heavy atom. The Balaban J connectivity index is 1.78. The van der Waals surface area contributed by atoms with Crippen molar-refractivity contribution in [1.82, 2.24) is 10.2 Å². The molecule has 0 saturated carbocycles. The number of nitrogens with one attached hydrogen (secondary N) is 1. The Morgan fingerprint density at radius 2 is 1.49 bits per heavy atom. The minimum atomic E-state index is -4.15. The van der Waals surface area contributed by atoms with Gasteiger partial charge >= 0.3 is 0 Å². The Bertz CT molecular complexity index is 1680. The molecule has 236 valence electrons. The van der Waals surface area contributed by atoms with E-state index < -0.39 is 28.5 Å². The van der Waals surface area contributed by atoms with E-state index in [0.717, 1.165) is 42.8 Å². The van der Waals surface area contributed by atoms with Gasteiger partial charge in [-0.05, 0) is 73.0 Å². The predicted octanol–water partition coefficient (Wildman–Crippen LogP) is 7.27. The van der Waals surface area contributed by atoms with Gasteiger partial charge in [-0.1, -0.05) is 105 Å². The van der Waals surface area contributed by atoms with Gasteiger partial charge in [-0.3, -0.25) is 13.9 Å². The summed E-state index contributed by atoms with van der Waals surface area (Å²) < 4.78 is 31.0. The maximum absolute atomic E-state index is 14.5. The van der Waals surface area contributed by atoms with Crippen LogP contribution in [0.3, 0.4) is 0 Å². The zero-order valence-corrected chi connectivity index (χ0v) is 29.3. The number of hydrogen-bond acceptors (Lipinski definition) is 4. The second-order valence-corrected chi connectivity index (χ2v) is 14.5. The molecule has 7 nitrogen and oxygen atoms in total. The Morgan fingerprint density at radius 1 is 0.822 bits per heavy atom. The second kappa shape index (κ2) is 16.2. The summed E-state index contributed by atoms with van der Waals surface area (Å²) in [5, 5.41) is 3.01. The van der Waals surface area contributed by atoms with Crippen LogP contribution in [0.4, 0.5) is 5.69 Å². The van der Waals surface area contributed by atoms with Crippen molar-refractivity contribution in [3.8, 4) is 0 Å². The summed E-state index contributed by atoms with van der Waals surface area (Å²) in [4.78, 5) is 29.9. The number of hydrogen-bond donors (Lipinski definition) is 1. The van der Waals surface area contributed by atoms with Gasteiger partial charge in [0.2, 0.25) is 11.8 Å². The summed E-state index contributed by atoms with van der Waals surface area (Å²) in [6.45, 7) is 4.01. The summed E-state index contributed by atoms with van der Waals surface area (Å²) in [5.74, 6) is -0.785. The van der Waals surface area contributed by atoms with Crippen LogP contribution in [0.5, 0.6) is 0 Å². The van der Waals surface area contributed by atoms with E-state index in [1.165, 1.54) is 4.90 Å². The molecule has 4 aromatic carbocycles. The Labute approximate surface area is 283 Å². The van der Waals surface area contributed by atoms with Gasteiger partial charge in [0.15, 0.2) is 0 Å². The maximum atomic E-state index is 14.5. The highest BCUT2D eigenvalue weighted by Gasteiger charge is 2.34. The maximum Gasteiger partial charge on any atom is 0.264 e. The number of aryl methyl sites for hydroxylation is 1. The van der Waals surface area contributed by atoms with E-state index in [1.54, 1.807) is 48.5 Å². The minimum absolute atomic E-state index is 0.0699. The lowest BCUT2D eigenvalue weighted by atomic mass is 10.0. The number of nitrogens with zero attached hydrogens (tertiary/aromatic N) is 2. The van der Waals surface area contributed by atoms with Crippen molar-refractivity contribution in [3.63, 3.8) is 0 Å². The highest BCUT2D eigenvalue weighted by molar-refractivity contribution is 9.10. The van der Waals surface area contributed by atoms with E-state index >= 15 is 0 Å². The molecule has 10 heteroatoms. The molecule has 0 fully saturated rings. The standard InChI is InChI=1S/C35H37Br2N3O4S/c1-3-4-21-38-35(42)33(23-27-9-6-5-7-10-27)39(24-28-11-8-12-30(37)22-28)34(41)25-40(31-17-15-29(36)16-18-31)45(43,44)32-19-13-26(2)14-20-32/h5-20,22,33H,3-4,21,23-25H2,1-2H3,(H,38,42)/t33-/m0/s1. The number of unbranched alkanes of at least 4 members (excludes halogenated alkanes) is 1. The SMILES string of the molecule is CCCCNC(=O)[C@H](Cc1ccccc1)N(Cc1cccc(Br)c1)C(=O)CN(c1ccc(Br)cc1)S(=O)(=O)c1ccc(C)cc1. The molecule has 45 heavy (non-hydrogen) atoms. The molecule has 1 N–H and O–H groups in total.